The minimum absolute atomic E-state index is 0.00264. The number of nitrogens with zero attached hydrogens (tertiary/aromatic N) is 4. The summed E-state index contributed by atoms with van der Waals surface area (Å²) < 4.78 is 33.2. The number of aromatic carboxylic acids is 1. The van der Waals surface area contributed by atoms with Crippen LogP contribution in [0, 0.1) is 0 Å². The first kappa shape index (κ1) is 24.8. The number of esters is 2. The number of ether oxygens (including phenoxy) is 3. The molecule has 0 radical (unpaired) electrons. The maximum Gasteiger partial charge on any atom is 0.335 e. The summed E-state index contributed by atoms with van der Waals surface area (Å²) in [6.45, 7) is 1.74. The van der Waals surface area contributed by atoms with E-state index >= 15 is 4.39 Å². The molecular formula is C22H22FN5O8. The van der Waals surface area contributed by atoms with Gasteiger partial charge < -0.3 is 25.1 Å². The Labute approximate surface area is 202 Å². The summed E-state index contributed by atoms with van der Waals surface area (Å²) in [4.78, 5) is 55.7. The quantitative estimate of drug-likeness (QED) is 0.433. The normalized spacial score (nSPS) is 21.4. The number of imidazole rings is 1. The zero-order valence-corrected chi connectivity index (χ0v) is 19.2. The number of anilines is 1. The van der Waals surface area contributed by atoms with E-state index in [1.54, 1.807) is 0 Å². The molecule has 1 saturated heterocycles. The van der Waals surface area contributed by atoms with Crippen LogP contribution in [-0.2, 0) is 30.3 Å². The number of alkyl halides is 1. The summed E-state index contributed by atoms with van der Waals surface area (Å²) in [6.07, 6.45) is -4.95. The predicted molar refractivity (Wildman–Crippen MR) is 120 cm³/mol. The van der Waals surface area contributed by atoms with Crippen molar-refractivity contribution in [1.82, 2.24) is 19.1 Å². The van der Waals surface area contributed by atoms with Gasteiger partial charge in [-0.05, 0) is 17.7 Å². The van der Waals surface area contributed by atoms with Crippen molar-refractivity contribution in [3.05, 3.63) is 52.1 Å². The summed E-state index contributed by atoms with van der Waals surface area (Å²) in [5, 5.41) is 9.11. The molecule has 13 nitrogen and oxygen atoms in total. The molecule has 0 unspecified atom stereocenters. The zero-order valence-electron chi connectivity index (χ0n) is 19.2. The summed E-state index contributed by atoms with van der Waals surface area (Å²) in [5.41, 5.74) is 5.91. The van der Waals surface area contributed by atoms with Crippen molar-refractivity contribution in [2.24, 2.45) is 0 Å². The molecule has 0 amide bonds. The van der Waals surface area contributed by atoms with Crippen molar-refractivity contribution in [2.45, 2.75) is 45.0 Å². The van der Waals surface area contributed by atoms with Crippen LogP contribution < -0.4 is 11.4 Å². The highest BCUT2D eigenvalue weighted by molar-refractivity contribution is 5.87. The molecule has 0 spiro atoms. The van der Waals surface area contributed by atoms with E-state index in [9.17, 15) is 19.2 Å². The first-order chi connectivity index (χ1) is 17.1. The third kappa shape index (κ3) is 4.75. The van der Waals surface area contributed by atoms with E-state index in [0.717, 1.165) is 18.4 Å². The lowest BCUT2D eigenvalue weighted by Gasteiger charge is -2.19. The van der Waals surface area contributed by atoms with E-state index in [0.29, 0.717) is 5.56 Å². The Hall–Kier alpha value is -4.33. The average Bonchev–Trinajstić information content (AvgIpc) is 3.25. The van der Waals surface area contributed by atoms with Crippen molar-refractivity contribution < 1.29 is 38.1 Å². The third-order valence-corrected chi connectivity index (χ3v) is 5.54. The van der Waals surface area contributed by atoms with Gasteiger partial charge in [-0.25, -0.2) is 23.5 Å². The molecule has 1 aliphatic rings. The van der Waals surface area contributed by atoms with Crippen molar-refractivity contribution in [3.8, 4) is 0 Å². The van der Waals surface area contributed by atoms with Gasteiger partial charge in [0, 0.05) is 13.8 Å². The minimum atomic E-state index is -1.92. The van der Waals surface area contributed by atoms with Gasteiger partial charge in [-0.2, -0.15) is 4.98 Å². The van der Waals surface area contributed by atoms with Crippen LogP contribution in [0.5, 0.6) is 0 Å². The van der Waals surface area contributed by atoms with E-state index in [1.807, 2.05) is 0 Å². The Kier molecular flexibility index (Phi) is 6.70. The zero-order chi connectivity index (χ0) is 26.1. The SMILES string of the molecule is CC(=O)OC[C@H]1O[C@@H](n2c(=O)n(Cc3ccc(C(=O)O)cc3)c3cnc(N)nc32)[C@H](OC(C)=O)[C@@H]1F. The maximum absolute atomic E-state index is 15.2. The number of nitrogens with two attached hydrogens (primary N) is 1. The molecule has 0 bridgehead atoms. The fraction of sp³-hybridized carbons (Fsp3) is 0.364. The Balaban J connectivity index is 1.79. The topological polar surface area (TPSA) is 178 Å². The number of hydrogen-bond acceptors (Lipinski definition) is 10. The molecule has 1 aromatic carbocycles. The largest absolute Gasteiger partial charge is 0.478 e. The van der Waals surface area contributed by atoms with Gasteiger partial charge >= 0.3 is 23.6 Å². The number of hydrogen-bond donors (Lipinski definition) is 2. The average molecular weight is 503 g/mol. The van der Waals surface area contributed by atoms with Gasteiger partial charge in [0.15, 0.2) is 24.2 Å². The van der Waals surface area contributed by atoms with Crippen LogP contribution in [0.3, 0.4) is 0 Å². The number of aromatic nitrogens is 4. The number of carboxylic acid groups (broad SMARTS) is 1. The number of nitrogen functional groups attached to an aromatic ring is 1. The van der Waals surface area contributed by atoms with Gasteiger partial charge in [-0.3, -0.25) is 14.2 Å². The number of fused-ring (bicyclic) bond motifs is 1. The Morgan fingerprint density at radius 2 is 1.89 bits per heavy atom. The molecule has 190 valence electrons. The summed E-state index contributed by atoms with van der Waals surface area (Å²) in [7, 11) is 0. The summed E-state index contributed by atoms with van der Waals surface area (Å²) in [5.74, 6) is -2.75. The van der Waals surface area contributed by atoms with Gasteiger partial charge in [0.2, 0.25) is 5.95 Å². The molecule has 1 fully saturated rings. The molecule has 3 N–H and O–H groups in total. The van der Waals surface area contributed by atoms with Gasteiger partial charge in [0.1, 0.15) is 18.2 Å². The second-order valence-electron chi connectivity index (χ2n) is 8.06. The number of carbonyl (C=O) groups excluding carboxylic acids is 2. The van der Waals surface area contributed by atoms with E-state index < -0.39 is 54.8 Å². The van der Waals surface area contributed by atoms with Crippen molar-refractivity contribution in [3.63, 3.8) is 0 Å². The van der Waals surface area contributed by atoms with Crippen LogP contribution >= 0.6 is 0 Å². The standard InChI is InChI=1S/C22H22FN5O8/c1-10(29)34-9-15-16(23)17(35-11(2)30)19(36-15)28-18-14(7-25-21(24)26-18)27(22(28)33)8-12-3-5-13(6-4-12)20(31)32/h3-7,15-17,19H,8-9H2,1-2H3,(H,31,32)(H2,24,25,26)/t15-,16-,17-,19-/m1/s1. The molecule has 0 aliphatic carbocycles. The molecule has 14 heteroatoms. The van der Waals surface area contributed by atoms with Crippen LogP contribution in [0.25, 0.3) is 11.2 Å². The summed E-state index contributed by atoms with van der Waals surface area (Å²) in [6, 6.07) is 5.86. The van der Waals surface area contributed by atoms with Crippen LogP contribution in [0.4, 0.5) is 10.3 Å². The smallest absolute Gasteiger partial charge is 0.335 e. The molecule has 0 saturated carbocycles. The lowest BCUT2D eigenvalue weighted by molar-refractivity contribution is -0.154. The third-order valence-electron chi connectivity index (χ3n) is 5.54. The molecule has 3 aromatic rings. The molecule has 4 atom stereocenters. The number of rotatable bonds is 7. The number of benzene rings is 1. The van der Waals surface area contributed by atoms with Gasteiger partial charge in [0.25, 0.3) is 0 Å². The molecule has 3 heterocycles. The maximum atomic E-state index is 15.2. The lowest BCUT2D eigenvalue weighted by atomic mass is 10.1. The van der Waals surface area contributed by atoms with Crippen molar-refractivity contribution in [2.75, 3.05) is 12.3 Å². The van der Waals surface area contributed by atoms with Gasteiger partial charge in [-0.1, -0.05) is 12.1 Å². The van der Waals surface area contributed by atoms with E-state index in [-0.39, 0.29) is 29.2 Å². The fourth-order valence-electron chi connectivity index (χ4n) is 3.94. The second-order valence-corrected chi connectivity index (χ2v) is 8.06. The molecule has 1 aliphatic heterocycles. The highest BCUT2D eigenvalue weighted by Crippen LogP contribution is 2.35. The fourth-order valence-corrected chi connectivity index (χ4v) is 3.94. The Morgan fingerprint density at radius 3 is 2.50 bits per heavy atom. The highest BCUT2D eigenvalue weighted by atomic mass is 19.1. The van der Waals surface area contributed by atoms with E-state index in [1.165, 1.54) is 35.0 Å². The number of halogens is 1. The van der Waals surface area contributed by atoms with E-state index in [2.05, 4.69) is 9.97 Å². The predicted octanol–water partition coefficient (Wildman–Crippen LogP) is 0.652. The minimum Gasteiger partial charge on any atom is -0.478 e. The van der Waals surface area contributed by atoms with Crippen molar-refractivity contribution >= 4 is 35.0 Å². The van der Waals surface area contributed by atoms with E-state index in [4.69, 9.17) is 25.1 Å². The molecule has 2 aromatic heterocycles. The lowest BCUT2D eigenvalue weighted by Crippen LogP contribution is -2.37. The number of carbonyl (C=O) groups is 3. The Bertz CT molecular complexity index is 1390. The molecule has 36 heavy (non-hydrogen) atoms. The van der Waals surface area contributed by atoms with Crippen LogP contribution in [0.15, 0.2) is 35.3 Å². The molecule has 4 rings (SSSR count). The molecular weight excluding hydrogens is 481 g/mol. The second kappa shape index (κ2) is 9.73. The number of carboxylic acids is 1. The summed E-state index contributed by atoms with van der Waals surface area (Å²) >= 11 is 0. The van der Waals surface area contributed by atoms with Crippen LogP contribution in [0.1, 0.15) is 36.0 Å². The van der Waals surface area contributed by atoms with Gasteiger partial charge in [-0.15, -0.1) is 0 Å². The van der Waals surface area contributed by atoms with Crippen molar-refractivity contribution in [1.29, 1.82) is 0 Å². The van der Waals surface area contributed by atoms with Crippen LogP contribution in [-0.4, -0.2) is 67.1 Å². The first-order valence-electron chi connectivity index (χ1n) is 10.7. The van der Waals surface area contributed by atoms with Crippen LogP contribution in [0.2, 0.25) is 0 Å². The highest BCUT2D eigenvalue weighted by Gasteiger charge is 2.50. The van der Waals surface area contributed by atoms with Gasteiger partial charge in [0.05, 0.1) is 18.3 Å². The first-order valence-corrected chi connectivity index (χ1v) is 10.7. The monoisotopic (exact) mass is 503 g/mol. The Morgan fingerprint density at radius 1 is 1.19 bits per heavy atom.